The molecule has 0 saturated carbocycles. The Balaban J connectivity index is 2.61. The van der Waals surface area contributed by atoms with Gasteiger partial charge < -0.3 is 10.2 Å². The third kappa shape index (κ3) is 12.0. The summed E-state index contributed by atoms with van der Waals surface area (Å²) in [4.78, 5) is 34.6. The molecule has 1 rings (SSSR count). The molecule has 0 amide bonds. The average molecular weight is 485 g/mol. The monoisotopic (exact) mass is 484 g/mol. The first-order valence-electron chi connectivity index (χ1n) is 12.8. The first-order chi connectivity index (χ1) is 16.4. The number of rotatable bonds is 15. The van der Waals surface area contributed by atoms with E-state index < -0.39 is 17.9 Å². The van der Waals surface area contributed by atoms with Gasteiger partial charge in [0.15, 0.2) is 5.78 Å². The van der Waals surface area contributed by atoms with Crippen molar-refractivity contribution in [2.45, 2.75) is 98.8 Å². The van der Waals surface area contributed by atoms with Crippen LogP contribution in [0.15, 0.2) is 58.7 Å². The Bertz CT molecular complexity index is 896. The minimum absolute atomic E-state index is 0.161. The van der Waals surface area contributed by atoms with Crippen molar-refractivity contribution in [2.24, 2.45) is 11.3 Å². The van der Waals surface area contributed by atoms with E-state index in [1.54, 1.807) is 6.92 Å². The highest BCUT2D eigenvalue weighted by molar-refractivity contribution is 6.04. The van der Waals surface area contributed by atoms with E-state index in [1.165, 1.54) is 30.1 Å². The molecule has 0 aliphatic heterocycles. The van der Waals surface area contributed by atoms with Crippen LogP contribution in [0.5, 0.6) is 0 Å². The SMILES string of the molecule is CC1=C(/C=C/C(C)=C/C=C/C(C)=C/C(=O)C(CCCCCCCC(=O)O)C(=O)O)C(C)(C)CCC1. The predicted molar refractivity (Wildman–Crippen MR) is 142 cm³/mol. The summed E-state index contributed by atoms with van der Waals surface area (Å²) >= 11 is 0. The summed E-state index contributed by atoms with van der Waals surface area (Å²) in [7, 11) is 0. The number of unbranched alkanes of at least 4 members (excludes halogenated alkanes) is 4. The number of carboxylic acids is 2. The van der Waals surface area contributed by atoms with Gasteiger partial charge in [0.25, 0.3) is 0 Å². The lowest BCUT2D eigenvalue weighted by Crippen LogP contribution is -2.22. The molecule has 0 aromatic carbocycles. The second-order valence-electron chi connectivity index (χ2n) is 10.4. The molecule has 35 heavy (non-hydrogen) atoms. The number of hydrogen-bond donors (Lipinski definition) is 2. The second kappa shape index (κ2) is 15.3. The fourth-order valence-electron chi connectivity index (χ4n) is 4.55. The van der Waals surface area contributed by atoms with Gasteiger partial charge in [-0.05, 0) is 75.5 Å². The van der Waals surface area contributed by atoms with E-state index >= 15 is 0 Å². The number of carbonyl (C=O) groups is 3. The number of hydrogen-bond acceptors (Lipinski definition) is 3. The highest BCUT2D eigenvalue weighted by Crippen LogP contribution is 2.40. The summed E-state index contributed by atoms with van der Waals surface area (Å²) < 4.78 is 0. The van der Waals surface area contributed by atoms with Crippen molar-refractivity contribution in [2.75, 3.05) is 0 Å². The lowest BCUT2D eigenvalue weighted by molar-refractivity contribution is -0.145. The van der Waals surface area contributed by atoms with Crippen molar-refractivity contribution in [3.8, 4) is 0 Å². The van der Waals surface area contributed by atoms with E-state index in [2.05, 4.69) is 32.9 Å². The molecule has 0 fully saturated rings. The molecule has 1 unspecified atom stereocenters. The third-order valence-corrected chi connectivity index (χ3v) is 6.67. The Morgan fingerprint density at radius 3 is 2.26 bits per heavy atom. The molecule has 1 atom stereocenters. The maximum Gasteiger partial charge on any atom is 0.314 e. The lowest BCUT2D eigenvalue weighted by atomic mass is 9.72. The number of carbonyl (C=O) groups excluding carboxylic acids is 1. The van der Waals surface area contributed by atoms with Gasteiger partial charge in [-0.2, -0.15) is 0 Å². The van der Waals surface area contributed by atoms with E-state index in [1.807, 2.05) is 25.2 Å². The van der Waals surface area contributed by atoms with Crippen molar-refractivity contribution >= 4 is 17.7 Å². The zero-order chi connectivity index (χ0) is 26.4. The topological polar surface area (TPSA) is 91.7 Å². The molecule has 0 saturated heterocycles. The van der Waals surface area contributed by atoms with Crippen LogP contribution in [-0.2, 0) is 14.4 Å². The predicted octanol–water partition coefficient (Wildman–Crippen LogP) is 7.60. The molecule has 0 aromatic rings. The average Bonchev–Trinajstić information content (AvgIpc) is 2.74. The van der Waals surface area contributed by atoms with Gasteiger partial charge in [0.1, 0.15) is 5.92 Å². The van der Waals surface area contributed by atoms with Gasteiger partial charge in [-0.3, -0.25) is 14.4 Å². The van der Waals surface area contributed by atoms with E-state index in [4.69, 9.17) is 5.11 Å². The molecular weight excluding hydrogens is 440 g/mol. The van der Waals surface area contributed by atoms with Crippen LogP contribution in [0.25, 0.3) is 0 Å². The van der Waals surface area contributed by atoms with E-state index in [-0.39, 0.29) is 17.6 Å². The zero-order valence-electron chi connectivity index (χ0n) is 22.2. The van der Waals surface area contributed by atoms with Gasteiger partial charge in [0.2, 0.25) is 0 Å². The maximum absolute atomic E-state index is 12.5. The minimum atomic E-state index is -1.09. The minimum Gasteiger partial charge on any atom is -0.481 e. The normalized spacial score (nSPS) is 17.9. The summed E-state index contributed by atoms with van der Waals surface area (Å²) in [5.41, 5.74) is 4.91. The molecule has 1 aliphatic rings. The maximum atomic E-state index is 12.5. The summed E-state index contributed by atoms with van der Waals surface area (Å²) in [6, 6.07) is 0. The van der Waals surface area contributed by atoms with Gasteiger partial charge in [0, 0.05) is 6.42 Å². The molecule has 0 radical (unpaired) electrons. The van der Waals surface area contributed by atoms with Crippen molar-refractivity contribution in [1.29, 1.82) is 0 Å². The number of aliphatic carboxylic acids is 2. The number of ketones is 1. The van der Waals surface area contributed by atoms with Crippen LogP contribution >= 0.6 is 0 Å². The molecule has 2 N–H and O–H groups in total. The molecule has 1 aliphatic carbocycles. The largest absolute Gasteiger partial charge is 0.481 e. The van der Waals surface area contributed by atoms with Gasteiger partial charge in [-0.1, -0.05) is 81.1 Å². The molecule has 5 nitrogen and oxygen atoms in total. The Morgan fingerprint density at radius 2 is 1.63 bits per heavy atom. The van der Waals surface area contributed by atoms with Gasteiger partial charge >= 0.3 is 11.9 Å². The fraction of sp³-hybridized carbons (Fsp3) is 0.567. The van der Waals surface area contributed by atoms with Crippen molar-refractivity contribution in [1.82, 2.24) is 0 Å². The van der Waals surface area contributed by atoms with Gasteiger partial charge in [0.05, 0.1) is 0 Å². The van der Waals surface area contributed by atoms with Gasteiger partial charge in [-0.15, -0.1) is 0 Å². The molecule has 0 heterocycles. The van der Waals surface area contributed by atoms with Gasteiger partial charge in [-0.25, -0.2) is 0 Å². The molecule has 0 spiro atoms. The van der Waals surface area contributed by atoms with Crippen LogP contribution in [-0.4, -0.2) is 27.9 Å². The summed E-state index contributed by atoms with van der Waals surface area (Å²) in [5, 5.41) is 18.1. The standard InChI is InChI=1S/C30H44O5/c1-22(18-19-26-24(3)15-12-20-30(26,4)5)13-11-14-23(2)21-27(31)25(29(34)35)16-9-7-6-8-10-17-28(32)33/h11,13-14,18-19,21,25H,6-10,12,15-17,20H2,1-5H3,(H,32,33)(H,34,35)/b14-11+,19-18+,22-13+,23-21+. The van der Waals surface area contributed by atoms with E-state index in [0.29, 0.717) is 19.3 Å². The highest BCUT2D eigenvalue weighted by atomic mass is 16.4. The zero-order valence-corrected chi connectivity index (χ0v) is 22.2. The van der Waals surface area contributed by atoms with Crippen molar-refractivity contribution < 1.29 is 24.6 Å². The summed E-state index contributed by atoms with van der Waals surface area (Å²) in [6.45, 7) is 10.7. The third-order valence-electron chi connectivity index (χ3n) is 6.67. The first kappa shape index (κ1) is 30.3. The van der Waals surface area contributed by atoms with Crippen LogP contribution in [0.4, 0.5) is 0 Å². The summed E-state index contributed by atoms with van der Waals surface area (Å²) in [6.07, 6.45) is 19.3. The number of carboxylic acid groups (broad SMARTS) is 2. The molecule has 5 heteroatoms. The Hall–Kier alpha value is -2.69. The first-order valence-corrected chi connectivity index (χ1v) is 12.8. The summed E-state index contributed by atoms with van der Waals surface area (Å²) in [5.74, 6) is -3.30. The lowest BCUT2D eigenvalue weighted by Gasteiger charge is -2.32. The van der Waals surface area contributed by atoms with Crippen LogP contribution < -0.4 is 0 Å². The molecule has 0 bridgehead atoms. The van der Waals surface area contributed by atoms with Crippen LogP contribution in [0.3, 0.4) is 0 Å². The van der Waals surface area contributed by atoms with Crippen LogP contribution in [0, 0.1) is 11.3 Å². The Morgan fingerprint density at radius 1 is 0.971 bits per heavy atom. The quantitative estimate of drug-likeness (QED) is 0.108. The number of allylic oxidation sites excluding steroid dienone is 10. The fourth-order valence-corrected chi connectivity index (χ4v) is 4.55. The Kier molecular flexibility index (Phi) is 13.3. The smallest absolute Gasteiger partial charge is 0.314 e. The molecule has 194 valence electrons. The van der Waals surface area contributed by atoms with Crippen molar-refractivity contribution in [3.05, 3.63) is 58.7 Å². The highest BCUT2D eigenvalue weighted by Gasteiger charge is 2.26. The Labute approximate surface area is 211 Å². The van der Waals surface area contributed by atoms with E-state index in [0.717, 1.165) is 36.8 Å². The van der Waals surface area contributed by atoms with Crippen LogP contribution in [0.1, 0.15) is 98.8 Å². The van der Waals surface area contributed by atoms with Crippen molar-refractivity contribution in [3.63, 3.8) is 0 Å². The second-order valence-corrected chi connectivity index (χ2v) is 10.4. The van der Waals surface area contributed by atoms with Crippen LogP contribution in [0.2, 0.25) is 0 Å². The molecular formula is C30H44O5. The van der Waals surface area contributed by atoms with E-state index in [9.17, 15) is 19.5 Å². The molecule has 0 aromatic heterocycles.